The van der Waals surface area contributed by atoms with E-state index in [1.54, 1.807) is 24.4 Å². The molecule has 0 N–H and O–H groups in total. The second-order valence-electron chi connectivity index (χ2n) is 11.3. The summed E-state index contributed by atoms with van der Waals surface area (Å²) in [5, 5.41) is 1.94. The molecule has 0 fully saturated rings. The first-order valence-corrected chi connectivity index (χ1v) is 22.2. The fourth-order valence-corrected chi connectivity index (χ4v) is 8.30. The summed E-state index contributed by atoms with van der Waals surface area (Å²) < 4.78 is 41.1. The van der Waals surface area contributed by atoms with Gasteiger partial charge in [-0.15, -0.1) is 23.8 Å². The van der Waals surface area contributed by atoms with E-state index in [9.17, 15) is 4.39 Å². The van der Waals surface area contributed by atoms with Gasteiger partial charge in [-0.05, 0) is 45.9 Å². The van der Waals surface area contributed by atoms with Crippen molar-refractivity contribution in [1.82, 2.24) is 9.97 Å². The van der Waals surface area contributed by atoms with Gasteiger partial charge in [0.25, 0.3) is 0 Å². The molecule has 3 aromatic heterocycles. The monoisotopic (exact) mass is 836 g/mol. The van der Waals surface area contributed by atoms with Crippen molar-refractivity contribution in [1.29, 1.82) is 0 Å². The molecule has 0 aliphatic carbocycles. The zero-order chi connectivity index (χ0) is 32.5. The molecule has 1 radical (unpaired) electrons. The predicted molar refractivity (Wildman–Crippen MR) is 183 cm³/mol. The smallest absolute Gasteiger partial charge is 0 e. The summed E-state index contributed by atoms with van der Waals surface area (Å²) in [5.74, 6) is 6.86. The van der Waals surface area contributed by atoms with Crippen molar-refractivity contribution in [2.45, 2.75) is 24.1 Å². The molecule has 4 aromatic carbocycles. The van der Waals surface area contributed by atoms with E-state index in [-0.39, 0.29) is 31.5 Å². The summed E-state index contributed by atoms with van der Waals surface area (Å²) in [6, 6.07) is 38.2. The van der Waals surface area contributed by atoms with Crippen LogP contribution in [0.5, 0.6) is 0 Å². The zero-order valence-electron chi connectivity index (χ0n) is 27.5. The van der Waals surface area contributed by atoms with Crippen molar-refractivity contribution in [3.63, 3.8) is 0 Å². The number of fused-ring (bicyclic) bond motifs is 3. The Morgan fingerprint density at radius 2 is 1.57 bits per heavy atom. The minimum absolute atomic E-state index is 0. The molecular weight excluding hydrogens is 800 g/mol. The Kier molecular flexibility index (Phi) is 8.70. The molecule has 6 heteroatoms. The fourth-order valence-electron chi connectivity index (χ4n) is 4.90. The van der Waals surface area contributed by atoms with Crippen LogP contribution in [0.25, 0.3) is 53.8 Å². The minimum Gasteiger partial charge on any atom is 0 e. The molecule has 0 unspecified atom stereocenters. The van der Waals surface area contributed by atoms with Gasteiger partial charge >= 0.3 is 99.8 Å². The Hall–Kier alpha value is -3.48. The van der Waals surface area contributed by atoms with Crippen LogP contribution in [0.1, 0.15) is 9.68 Å². The van der Waals surface area contributed by atoms with Gasteiger partial charge in [0.2, 0.25) is 0 Å². The number of thiophene rings is 1. The van der Waals surface area contributed by atoms with Crippen LogP contribution in [0.3, 0.4) is 0 Å². The van der Waals surface area contributed by atoms with Crippen molar-refractivity contribution in [3.05, 3.63) is 139 Å². The van der Waals surface area contributed by atoms with Gasteiger partial charge in [0, 0.05) is 40.7 Å². The van der Waals surface area contributed by atoms with E-state index in [4.69, 9.17) is 4.11 Å². The quantitative estimate of drug-likeness (QED) is 0.130. The van der Waals surface area contributed by atoms with Crippen LogP contribution < -0.4 is 4.40 Å². The van der Waals surface area contributed by atoms with E-state index in [1.807, 2.05) is 66.9 Å². The van der Waals surface area contributed by atoms with Crippen molar-refractivity contribution in [2.75, 3.05) is 0 Å². The standard InChI is InChI=1S/C24H15FNS.C14H16GeN.Ir/c1-15-12-22(26-14-21(15)16-6-3-2-4-7-16)20-9-5-8-19-18-11-10-17(25)13-23(18)27-24(19)20;1-15(2,3)13-9-10-14(16-11-13)12-7-5-4-6-8-12;/h2-8,10-14H,1H3;4-7,9-11H,1-3H3;/q2*-1;/i1D3;;. The maximum absolute atomic E-state index is 13.7. The van der Waals surface area contributed by atoms with E-state index < -0.39 is 20.1 Å². The molecule has 7 aromatic rings. The molecule has 0 saturated heterocycles. The van der Waals surface area contributed by atoms with Crippen molar-refractivity contribution >= 4 is 49.2 Å². The third kappa shape index (κ3) is 6.92. The molecule has 0 bridgehead atoms. The first kappa shape index (κ1) is 28.0. The summed E-state index contributed by atoms with van der Waals surface area (Å²) >= 11 is -0.257. The Bertz CT molecular complexity index is 2130. The van der Waals surface area contributed by atoms with Crippen LogP contribution in [-0.4, -0.2) is 23.2 Å². The molecule has 0 aliphatic rings. The second-order valence-corrected chi connectivity index (χ2v) is 23.0. The van der Waals surface area contributed by atoms with Crippen LogP contribution in [0.4, 0.5) is 4.39 Å². The Labute approximate surface area is 283 Å². The topological polar surface area (TPSA) is 25.8 Å². The van der Waals surface area contributed by atoms with Crippen LogP contribution in [0.15, 0.2) is 116 Å². The van der Waals surface area contributed by atoms with Gasteiger partial charge in [-0.1, -0.05) is 47.9 Å². The minimum atomic E-state index is -2.29. The van der Waals surface area contributed by atoms with Gasteiger partial charge in [-0.25, -0.2) is 4.39 Å². The SMILES string of the molecule is [2H]C([2H])([2H])c1cc(-c2[c-]ccc3c2sc2cc(F)ccc23)ncc1-c1ccccc1.[CH3][Ge]([CH3])([CH3])[c]1ccc(-c2[c-]cccc2)nc1.[Ir]. The summed E-state index contributed by atoms with van der Waals surface area (Å²) in [5.41, 5.74) is 4.98. The number of pyridine rings is 2. The van der Waals surface area contributed by atoms with Crippen molar-refractivity contribution in [2.24, 2.45) is 0 Å². The summed E-state index contributed by atoms with van der Waals surface area (Å²) in [6.45, 7) is -2.29. The first-order chi connectivity index (χ1) is 22.0. The maximum atomic E-state index is 13.7. The molecule has 0 amide bonds. The first-order valence-electron chi connectivity index (χ1n) is 15.5. The van der Waals surface area contributed by atoms with Crippen molar-refractivity contribution in [3.8, 4) is 33.6 Å². The van der Waals surface area contributed by atoms with Crippen molar-refractivity contribution < 1.29 is 28.6 Å². The third-order valence-corrected chi connectivity index (χ3v) is 12.7. The molecule has 221 valence electrons. The van der Waals surface area contributed by atoms with Crippen LogP contribution in [0, 0.1) is 24.8 Å². The summed E-state index contributed by atoms with van der Waals surface area (Å²) in [6.07, 6.45) is 3.65. The third-order valence-electron chi connectivity index (χ3n) is 7.25. The zero-order valence-corrected chi connectivity index (χ0v) is 29.8. The fraction of sp³-hybridized carbons (Fsp3) is 0.105. The predicted octanol–water partition coefficient (Wildman–Crippen LogP) is 10.1. The largest absolute Gasteiger partial charge is 0 e. The number of hydrogen-bond donors (Lipinski definition) is 0. The second kappa shape index (κ2) is 13.7. The molecular formula is C38H31FGeIrN2S-2. The van der Waals surface area contributed by atoms with Crippen LogP contribution in [0.2, 0.25) is 17.3 Å². The number of aryl methyl sites for hydroxylation is 1. The molecule has 7 rings (SSSR count). The normalized spacial score (nSPS) is 12.4. The number of aromatic nitrogens is 2. The molecule has 2 nitrogen and oxygen atoms in total. The molecule has 0 aliphatic heterocycles. The van der Waals surface area contributed by atoms with Crippen LogP contribution >= 0.6 is 11.3 Å². The Morgan fingerprint density at radius 3 is 2.27 bits per heavy atom. The summed E-state index contributed by atoms with van der Waals surface area (Å²) in [7, 11) is 0. The average Bonchev–Trinajstić information content (AvgIpc) is 3.43. The van der Waals surface area contributed by atoms with Gasteiger partial charge in [-0.3, -0.25) is 0 Å². The molecule has 0 spiro atoms. The molecule has 44 heavy (non-hydrogen) atoms. The number of rotatable bonds is 4. The van der Waals surface area contributed by atoms with E-state index in [1.165, 1.54) is 27.9 Å². The number of halogens is 1. The van der Waals surface area contributed by atoms with Gasteiger partial charge in [-0.2, -0.15) is 11.3 Å². The summed E-state index contributed by atoms with van der Waals surface area (Å²) in [4.78, 5) is 9.12. The van der Waals surface area contributed by atoms with Crippen LogP contribution in [-0.2, 0) is 20.1 Å². The molecule has 0 saturated carbocycles. The van der Waals surface area contributed by atoms with E-state index in [0.29, 0.717) is 11.3 Å². The van der Waals surface area contributed by atoms with Gasteiger partial charge in [0.1, 0.15) is 5.82 Å². The Balaban J connectivity index is 0.000000217. The number of nitrogens with zero attached hydrogens (tertiary/aromatic N) is 2. The van der Waals surface area contributed by atoms with E-state index in [0.717, 1.165) is 42.6 Å². The molecule has 3 heterocycles. The van der Waals surface area contributed by atoms with Gasteiger partial charge in [0.15, 0.2) is 0 Å². The number of hydrogen-bond acceptors (Lipinski definition) is 3. The van der Waals surface area contributed by atoms with Gasteiger partial charge in [0.05, 0.1) is 0 Å². The van der Waals surface area contributed by atoms with Gasteiger partial charge < -0.3 is 4.98 Å². The number of benzene rings is 4. The maximum Gasteiger partial charge on any atom is 0 e. The van der Waals surface area contributed by atoms with E-state index in [2.05, 4.69) is 51.5 Å². The average molecular weight is 835 g/mol. The van der Waals surface area contributed by atoms with E-state index >= 15 is 0 Å². The molecule has 0 atom stereocenters. The Morgan fingerprint density at radius 1 is 0.773 bits per heavy atom.